The molecule has 2 fully saturated rings. The quantitative estimate of drug-likeness (QED) is 0.799. The van der Waals surface area contributed by atoms with Crippen LogP contribution in [0.15, 0.2) is 24.3 Å². The summed E-state index contributed by atoms with van der Waals surface area (Å²) in [5.41, 5.74) is 0.877. The van der Waals surface area contributed by atoms with Crippen molar-refractivity contribution in [3.63, 3.8) is 0 Å². The Morgan fingerprint density at radius 2 is 2.17 bits per heavy atom. The summed E-state index contributed by atoms with van der Waals surface area (Å²) in [6, 6.07) is 5.36. The lowest BCUT2D eigenvalue weighted by molar-refractivity contribution is -0.132. The maximum atomic E-state index is 13.3. The van der Waals surface area contributed by atoms with E-state index >= 15 is 0 Å². The smallest absolute Gasteiger partial charge is 0.322 e. The number of urea groups is 1. The van der Waals surface area contributed by atoms with Gasteiger partial charge >= 0.3 is 6.03 Å². The Bertz CT molecular complexity index is 664. The van der Waals surface area contributed by atoms with Gasteiger partial charge in [0, 0.05) is 19.0 Å². The van der Waals surface area contributed by atoms with Gasteiger partial charge in [-0.3, -0.25) is 14.9 Å². The van der Waals surface area contributed by atoms with E-state index in [-0.39, 0.29) is 30.1 Å². The molecule has 3 rings (SSSR count). The van der Waals surface area contributed by atoms with Crippen molar-refractivity contribution >= 4 is 17.8 Å². The molecule has 2 aliphatic rings. The highest BCUT2D eigenvalue weighted by atomic mass is 19.1. The molecule has 0 unspecified atom stereocenters. The molecule has 2 saturated heterocycles. The third kappa shape index (κ3) is 3.72. The lowest BCUT2D eigenvalue weighted by atomic mass is 10.0. The summed E-state index contributed by atoms with van der Waals surface area (Å²) >= 11 is 0. The SMILES string of the molecule is O=C1NC(=O)[C@H](CCC(=O)N2CCC[C@@H]2Cc2cccc(F)c2)N1. The molecule has 6 nitrogen and oxygen atoms in total. The van der Waals surface area contributed by atoms with Crippen LogP contribution in [0.3, 0.4) is 0 Å². The Balaban J connectivity index is 1.55. The van der Waals surface area contributed by atoms with Gasteiger partial charge in [0.1, 0.15) is 11.9 Å². The number of nitrogens with zero attached hydrogens (tertiary/aromatic N) is 1. The number of halogens is 1. The molecule has 2 atom stereocenters. The molecular weight excluding hydrogens is 313 g/mol. The van der Waals surface area contributed by atoms with Gasteiger partial charge in [0.2, 0.25) is 5.91 Å². The number of carbonyl (C=O) groups is 3. The molecule has 2 N–H and O–H groups in total. The van der Waals surface area contributed by atoms with Crippen LogP contribution in [0, 0.1) is 5.82 Å². The van der Waals surface area contributed by atoms with Crippen molar-refractivity contribution in [1.29, 1.82) is 0 Å². The second-order valence-corrected chi connectivity index (χ2v) is 6.27. The summed E-state index contributed by atoms with van der Waals surface area (Å²) in [4.78, 5) is 36.9. The van der Waals surface area contributed by atoms with Crippen molar-refractivity contribution < 1.29 is 18.8 Å². The highest BCUT2D eigenvalue weighted by Gasteiger charge is 2.32. The van der Waals surface area contributed by atoms with Crippen molar-refractivity contribution in [3.8, 4) is 0 Å². The minimum Gasteiger partial charge on any atom is -0.339 e. The molecule has 2 heterocycles. The van der Waals surface area contributed by atoms with Gasteiger partial charge in [-0.1, -0.05) is 12.1 Å². The Labute approximate surface area is 139 Å². The number of amides is 4. The number of likely N-dealkylation sites (tertiary alicyclic amines) is 1. The fourth-order valence-corrected chi connectivity index (χ4v) is 3.39. The predicted molar refractivity (Wildman–Crippen MR) is 84.5 cm³/mol. The van der Waals surface area contributed by atoms with Crippen LogP contribution < -0.4 is 10.6 Å². The molecule has 128 valence electrons. The maximum Gasteiger partial charge on any atom is 0.322 e. The highest BCUT2D eigenvalue weighted by Crippen LogP contribution is 2.23. The third-order valence-corrected chi connectivity index (χ3v) is 4.56. The van der Waals surface area contributed by atoms with Crippen LogP contribution in [-0.2, 0) is 16.0 Å². The van der Waals surface area contributed by atoms with Gasteiger partial charge in [-0.15, -0.1) is 0 Å². The van der Waals surface area contributed by atoms with Gasteiger partial charge in [0.05, 0.1) is 0 Å². The zero-order chi connectivity index (χ0) is 17.1. The molecule has 0 aromatic heterocycles. The molecule has 0 saturated carbocycles. The molecule has 0 bridgehead atoms. The maximum absolute atomic E-state index is 13.3. The van der Waals surface area contributed by atoms with Crippen LogP contribution >= 0.6 is 0 Å². The van der Waals surface area contributed by atoms with Crippen molar-refractivity contribution in [2.45, 2.75) is 44.2 Å². The zero-order valence-corrected chi connectivity index (χ0v) is 13.3. The van der Waals surface area contributed by atoms with Crippen molar-refractivity contribution in [2.75, 3.05) is 6.54 Å². The van der Waals surface area contributed by atoms with E-state index in [1.807, 2.05) is 11.0 Å². The van der Waals surface area contributed by atoms with Crippen LogP contribution in [0.1, 0.15) is 31.2 Å². The Hall–Kier alpha value is -2.44. The van der Waals surface area contributed by atoms with Crippen LogP contribution in [-0.4, -0.2) is 41.4 Å². The van der Waals surface area contributed by atoms with E-state index in [2.05, 4.69) is 10.6 Å². The molecule has 24 heavy (non-hydrogen) atoms. The third-order valence-electron chi connectivity index (χ3n) is 4.56. The second kappa shape index (κ2) is 6.98. The van der Waals surface area contributed by atoms with E-state index < -0.39 is 12.1 Å². The van der Waals surface area contributed by atoms with Gasteiger partial charge in [-0.05, 0) is 43.4 Å². The van der Waals surface area contributed by atoms with E-state index in [0.717, 1.165) is 18.4 Å². The number of hydrogen-bond donors (Lipinski definition) is 2. The van der Waals surface area contributed by atoms with Crippen LogP contribution in [0.5, 0.6) is 0 Å². The molecule has 0 aliphatic carbocycles. The molecule has 4 amide bonds. The van der Waals surface area contributed by atoms with Crippen LogP contribution in [0.25, 0.3) is 0 Å². The highest BCUT2D eigenvalue weighted by molar-refractivity contribution is 6.04. The average molecular weight is 333 g/mol. The minimum atomic E-state index is -0.634. The number of nitrogens with one attached hydrogen (secondary N) is 2. The molecule has 7 heteroatoms. The van der Waals surface area contributed by atoms with Crippen molar-refractivity contribution in [3.05, 3.63) is 35.6 Å². The molecule has 0 spiro atoms. The first-order valence-electron chi connectivity index (χ1n) is 8.18. The van der Waals surface area contributed by atoms with Gasteiger partial charge < -0.3 is 10.2 Å². The lowest BCUT2D eigenvalue weighted by Crippen LogP contribution is -2.38. The van der Waals surface area contributed by atoms with E-state index in [4.69, 9.17) is 0 Å². The molecular formula is C17H20FN3O3. The van der Waals surface area contributed by atoms with Crippen LogP contribution in [0.4, 0.5) is 9.18 Å². The number of carbonyl (C=O) groups excluding carboxylic acids is 3. The molecule has 0 radical (unpaired) electrons. The topological polar surface area (TPSA) is 78.5 Å². The minimum absolute atomic E-state index is 0.0251. The summed E-state index contributed by atoms with van der Waals surface area (Å²) < 4.78 is 13.3. The average Bonchev–Trinajstić information content (AvgIpc) is 3.11. The number of hydrogen-bond acceptors (Lipinski definition) is 3. The van der Waals surface area contributed by atoms with Gasteiger partial charge in [0.25, 0.3) is 5.91 Å². The van der Waals surface area contributed by atoms with E-state index in [9.17, 15) is 18.8 Å². The standard InChI is InChI=1S/C17H20FN3O3/c18-12-4-1-3-11(9-12)10-13-5-2-8-21(13)15(22)7-6-14-16(23)20-17(24)19-14/h1,3-4,9,13-14H,2,5-8,10H2,(H2,19,20,23,24)/t13-,14+/m1/s1. The van der Waals surface area contributed by atoms with Crippen molar-refractivity contribution in [1.82, 2.24) is 15.5 Å². The van der Waals surface area contributed by atoms with E-state index in [0.29, 0.717) is 19.4 Å². The predicted octanol–water partition coefficient (Wildman–Crippen LogP) is 1.35. The summed E-state index contributed by atoms with van der Waals surface area (Å²) in [7, 11) is 0. The summed E-state index contributed by atoms with van der Waals surface area (Å²) in [5, 5.41) is 4.65. The number of imide groups is 1. The van der Waals surface area contributed by atoms with Crippen LogP contribution in [0.2, 0.25) is 0 Å². The monoisotopic (exact) mass is 333 g/mol. The lowest BCUT2D eigenvalue weighted by Gasteiger charge is -2.25. The van der Waals surface area contributed by atoms with E-state index in [1.165, 1.54) is 12.1 Å². The first-order valence-corrected chi connectivity index (χ1v) is 8.18. The fraction of sp³-hybridized carbons (Fsp3) is 0.471. The number of rotatable bonds is 5. The molecule has 1 aromatic rings. The van der Waals surface area contributed by atoms with Gasteiger partial charge in [0.15, 0.2) is 0 Å². The van der Waals surface area contributed by atoms with Gasteiger partial charge in [-0.2, -0.15) is 0 Å². The normalized spacial score (nSPS) is 23.3. The first-order chi connectivity index (χ1) is 11.5. The summed E-state index contributed by atoms with van der Waals surface area (Å²) in [6.07, 6.45) is 2.94. The fourth-order valence-electron chi connectivity index (χ4n) is 3.39. The first kappa shape index (κ1) is 16.4. The van der Waals surface area contributed by atoms with Gasteiger partial charge in [-0.25, -0.2) is 9.18 Å². The number of benzene rings is 1. The molecule has 2 aliphatic heterocycles. The zero-order valence-electron chi connectivity index (χ0n) is 13.3. The summed E-state index contributed by atoms with van der Waals surface area (Å²) in [6.45, 7) is 0.683. The van der Waals surface area contributed by atoms with E-state index in [1.54, 1.807) is 6.07 Å². The summed E-state index contributed by atoms with van der Waals surface area (Å²) in [5.74, 6) is -0.681. The Morgan fingerprint density at radius 3 is 2.88 bits per heavy atom. The van der Waals surface area contributed by atoms with Crippen molar-refractivity contribution in [2.24, 2.45) is 0 Å². The largest absolute Gasteiger partial charge is 0.339 e. The second-order valence-electron chi connectivity index (χ2n) is 6.27. The Morgan fingerprint density at radius 1 is 1.33 bits per heavy atom. The Kier molecular flexibility index (Phi) is 4.78. The molecule has 1 aromatic carbocycles.